The standard InChI is InChI=1S/C41H66O6/c1-27-29(26-32(40(8,9)10)37(45)35(27)41(11,12)13)19-21-34(43)47-23-17-15-14-16-22-46-33(42)20-18-28-24-30(38(2,3)4)36(44)31(25-28)39(5,6)7/h24-27,35,44-45H,14-23H2,1-13H3. The lowest BCUT2D eigenvalue weighted by Crippen LogP contribution is -2.34. The van der Waals surface area contributed by atoms with Gasteiger partial charge in [-0.05, 0) is 88.4 Å². The zero-order valence-corrected chi connectivity index (χ0v) is 32.0. The average molecular weight is 655 g/mol. The van der Waals surface area contributed by atoms with Gasteiger partial charge < -0.3 is 19.7 Å². The maximum atomic E-state index is 12.6. The molecule has 0 aliphatic heterocycles. The number of carbonyl (C=O) groups is 2. The molecule has 2 rings (SSSR count). The van der Waals surface area contributed by atoms with Crippen molar-refractivity contribution in [2.45, 2.75) is 152 Å². The molecule has 6 heteroatoms. The van der Waals surface area contributed by atoms with Gasteiger partial charge in [0.15, 0.2) is 0 Å². The van der Waals surface area contributed by atoms with Gasteiger partial charge in [0, 0.05) is 18.8 Å². The maximum Gasteiger partial charge on any atom is 0.306 e. The number of esters is 2. The minimum absolute atomic E-state index is 0.00886. The number of ether oxygens (including phenoxy) is 2. The second kappa shape index (κ2) is 16.1. The first-order valence-electron chi connectivity index (χ1n) is 17.8. The van der Waals surface area contributed by atoms with Crippen molar-refractivity contribution in [2.75, 3.05) is 13.2 Å². The van der Waals surface area contributed by atoms with Crippen molar-refractivity contribution < 1.29 is 29.3 Å². The number of benzene rings is 1. The molecule has 1 aromatic carbocycles. The zero-order chi connectivity index (χ0) is 36.0. The summed E-state index contributed by atoms with van der Waals surface area (Å²) in [5.41, 5.74) is 4.31. The highest BCUT2D eigenvalue weighted by Gasteiger charge is 2.40. The van der Waals surface area contributed by atoms with E-state index in [1.807, 2.05) is 12.1 Å². The van der Waals surface area contributed by atoms with Gasteiger partial charge in [-0.3, -0.25) is 9.59 Å². The van der Waals surface area contributed by atoms with E-state index in [2.05, 4.69) is 96.1 Å². The van der Waals surface area contributed by atoms with Crippen LogP contribution in [-0.2, 0) is 36.3 Å². The number of phenols is 1. The Hall–Kier alpha value is -2.76. The lowest BCUT2D eigenvalue weighted by atomic mass is 9.64. The van der Waals surface area contributed by atoms with Crippen molar-refractivity contribution in [3.63, 3.8) is 0 Å². The van der Waals surface area contributed by atoms with E-state index in [0.29, 0.717) is 50.4 Å². The Balaban J connectivity index is 1.72. The van der Waals surface area contributed by atoms with Gasteiger partial charge in [0.05, 0.1) is 13.2 Å². The number of aliphatic hydroxyl groups is 1. The molecular weight excluding hydrogens is 588 g/mol. The number of hydrogen-bond acceptors (Lipinski definition) is 6. The number of aliphatic hydroxyl groups excluding tert-OH is 1. The van der Waals surface area contributed by atoms with Crippen LogP contribution in [0.5, 0.6) is 5.75 Å². The van der Waals surface area contributed by atoms with Gasteiger partial charge in [-0.1, -0.05) is 114 Å². The highest BCUT2D eigenvalue weighted by molar-refractivity contribution is 5.70. The summed E-state index contributed by atoms with van der Waals surface area (Å²) in [5, 5.41) is 22.1. The summed E-state index contributed by atoms with van der Waals surface area (Å²) < 4.78 is 11.0. The van der Waals surface area contributed by atoms with E-state index in [-0.39, 0.29) is 45.4 Å². The first-order chi connectivity index (χ1) is 21.4. The molecule has 0 spiro atoms. The van der Waals surface area contributed by atoms with Crippen LogP contribution in [0, 0.1) is 22.7 Å². The van der Waals surface area contributed by atoms with Crippen molar-refractivity contribution >= 4 is 11.9 Å². The summed E-state index contributed by atoms with van der Waals surface area (Å²) in [7, 11) is 0. The molecule has 2 N–H and O–H groups in total. The third-order valence-electron chi connectivity index (χ3n) is 9.31. The van der Waals surface area contributed by atoms with Crippen molar-refractivity contribution in [1.82, 2.24) is 0 Å². The van der Waals surface area contributed by atoms with Crippen LogP contribution in [0.3, 0.4) is 0 Å². The topological polar surface area (TPSA) is 93.1 Å². The molecular formula is C41H66O6. The van der Waals surface area contributed by atoms with Gasteiger partial charge in [0.25, 0.3) is 0 Å². The first kappa shape index (κ1) is 40.4. The van der Waals surface area contributed by atoms with Gasteiger partial charge in [0.1, 0.15) is 11.5 Å². The average Bonchev–Trinajstić information content (AvgIpc) is 2.90. The van der Waals surface area contributed by atoms with Gasteiger partial charge in [-0.15, -0.1) is 0 Å². The van der Waals surface area contributed by atoms with Crippen molar-refractivity contribution in [3.8, 4) is 5.75 Å². The molecule has 2 atom stereocenters. The van der Waals surface area contributed by atoms with E-state index in [9.17, 15) is 19.8 Å². The third-order valence-corrected chi connectivity index (χ3v) is 9.31. The second-order valence-electron chi connectivity index (χ2n) is 17.8. The fourth-order valence-electron chi connectivity index (χ4n) is 6.62. The van der Waals surface area contributed by atoms with Crippen LogP contribution in [0.15, 0.2) is 35.1 Å². The maximum absolute atomic E-state index is 12.6. The Bertz CT molecular complexity index is 1250. The van der Waals surface area contributed by atoms with Crippen molar-refractivity contribution in [3.05, 3.63) is 51.8 Å². The molecule has 6 nitrogen and oxygen atoms in total. The fraction of sp³-hybridized carbons (Fsp3) is 0.707. The number of carbonyl (C=O) groups excluding carboxylic acids is 2. The second-order valence-corrected chi connectivity index (χ2v) is 17.8. The molecule has 0 heterocycles. The van der Waals surface area contributed by atoms with Crippen LogP contribution >= 0.6 is 0 Å². The molecule has 47 heavy (non-hydrogen) atoms. The Labute approximate surface area is 286 Å². The Morgan fingerprint density at radius 3 is 1.53 bits per heavy atom. The van der Waals surface area contributed by atoms with Crippen LogP contribution in [0.2, 0.25) is 0 Å². The third kappa shape index (κ3) is 12.0. The van der Waals surface area contributed by atoms with Crippen molar-refractivity contribution in [2.24, 2.45) is 22.7 Å². The van der Waals surface area contributed by atoms with Crippen LogP contribution < -0.4 is 0 Å². The largest absolute Gasteiger partial charge is 0.512 e. The van der Waals surface area contributed by atoms with E-state index in [1.165, 1.54) is 5.57 Å². The smallest absolute Gasteiger partial charge is 0.306 e. The number of aromatic hydroxyl groups is 1. The van der Waals surface area contributed by atoms with Gasteiger partial charge in [-0.25, -0.2) is 0 Å². The molecule has 0 saturated heterocycles. The van der Waals surface area contributed by atoms with Crippen LogP contribution in [0.1, 0.15) is 152 Å². The minimum atomic E-state index is -0.210. The van der Waals surface area contributed by atoms with E-state index in [1.54, 1.807) is 0 Å². The molecule has 1 aromatic rings. The number of allylic oxidation sites excluding steroid dienone is 4. The van der Waals surface area contributed by atoms with E-state index >= 15 is 0 Å². The molecule has 0 fully saturated rings. The summed E-state index contributed by atoms with van der Waals surface area (Å²) in [6.45, 7) is 28.3. The fourth-order valence-corrected chi connectivity index (χ4v) is 6.62. The summed E-state index contributed by atoms with van der Waals surface area (Å²) >= 11 is 0. The number of phenolic OH excluding ortho intramolecular Hbond substituents is 1. The molecule has 0 amide bonds. The number of rotatable bonds is 13. The number of unbranched alkanes of at least 4 members (excludes halogenated alkanes) is 3. The monoisotopic (exact) mass is 654 g/mol. The minimum Gasteiger partial charge on any atom is -0.512 e. The van der Waals surface area contributed by atoms with Gasteiger partial charge >= 0.3 is 11.9 Å². The van der Waals surface area contributed by atoms with Crippen molar-refractivity contribution in [1.29, 1.82) is 0 Å². The van der Waals surface area contributed by atoms with E-state index < -0.39 is 0 Å². The first-order valence-corrected chi connectivity index (χ1v) is 17.8. The number of hydrogen-bond donors (Lipinski definition) is 2. The lowest BCUT2D eigenvalue weighted by molar-refractivity contribution is -0.145. The van der Waals surface area contributed by atoms with Crippen LogP contribution in [0.4, 0.5) is 0 Å². The molecule has 266 valence electrons. The molecule has 0 saturated carbocycles. The molecule has 2 unspecified atom stereocenters. The predicted octanol–water partition coefficient (Wildman–Crippen LogP) is 10.4. The van der Waals surface area contributed by atoms with E-state index in [4.69, 9.17) is 9.47 Å². The molecule has 1 aliphatic carbocycles. The SMILES string of the molecule is CC1C(CCC(=O)OCCCCCCOC(=O)CCc2cc(C(C)(C)C)c(O)c(C(C)(C)C)c2)=CC(C(C)(C)C)=C(O)C1C(C)(C)C. The van der Waals surface area contributed by atoms with Crippen LogP contribution in [0.25, 0.3) is 0 Å². The highest BCUT2D eigenvalue weighted by atomic mass is 16.5. The normalized spacial score (nSPS) is 17.9. The Kier molecular flexibility index (Phi) is 13.8. The zero-order valence-electron chi connectivity index (χ0n) is 32.0. The van der Waals surface area contributed by atoms with Crippen LogP contribution in [-0.4, -0.2) is 35.4 Å². The Morgan fingerprint density at radius 2 is 1.13 bits per heavy atom. The molecule has 0 aromatic heterocycles. The molecule has 1 aliphatic rings. The van der Waals surface area contributed by atoms with Gasteiger partial charge in [-0.2, -0.15) is 0 Å². The summed E-state index contributed by atoms with van der Waals surface area (Å²) in [4.78, 5) is 25.0. The quantitative estimate of drug-likeness (QED) is 0.162. The number of aryl methyl sites for hydroxylation is 1. The summed E-state index contributed by atoms with van der Waals surface area (Å²) in [5.74, 6) is 0.595. The summed E-state index contributed by atoms with van der Waals surface area (Å²) in [6, 6.07) is 4.04. The molecule has 0 bridgehead atoms. The predicted molar refractivity (Wildman–Crippen MR) is 193 cm³/mol. The Morgan fingerprint density at radius 1 is 0.681 bits per heavy atom. The lowest BCUT2D eigenvalue weighted by Gasteiger charge is -2.42. The molecule has 0 radical (unpaired) electrons. The summed E-state index contributed by atoms with van der Waals surface area (Å²) in [6.07, 6.45) is 7.31. The van der Waals surface area contributed by atoms with Gasteiger partial charge in [0.2, 0.25) is 0 Å². The highest BCUT2D eigenvalue weighted by Crippen LogP contribution is 2.48. The van der Waals surface area contributed by atoms with E-state index in [0.717, 1.165) is 47.9 Å².